The molecule has 0 aromatic heterocycles. The van der Waals surface area contributed by atoms with Crippen molar-refractivity contribution in [3.05, 3.63) is 26.6 Å². The number of carbonyl (C=O) groups is 1. The molecule has 80 valence electrons. The Morgan fingerprint density at radius 1 is 1.47 bits per heavy atom. The summed E-state index contributed by atoms with van der Waals surface area (Å²) in [7, 11) is 0. The van der Waals surface area contributed by atoms with Crippen molar-refractivity contribution >= 4 is 38.0 Å². The molecule has 2 N–H and O–H groups in total. The van der Waals surface area contributed by atoms with Crippen LogP contribution in [0.15, 0.2) is 21.1 Å². The number of aromatic hydroxyl groups is 1. The highest BCUT2D eigenvalue weighted by Crippen LogP contribution is 2.36. The Bertz CT molecular complexity index is 422. The van der Waals surface area contributed by atoms with E-state index >= 15 is 0 Å². The van der Waals surface area contributed by atoms with Crippen molar-refractivity contribution in [2.45, 2.75) is 6.04 Å². The molecule has 0 aliphatic carbocycles. The van der Waals surface area contributed by atoms with Gasteiger partial charge in [-0.1, -0.05) is 15.9 Å². The van der Waals surface area contributed by atoms with Gasteiger partial charge in [0, 0.05) is 10.0 Å². The largest absolute Gasteiger partial charge is 0.506 e. The molecule has 15 heavy (non-hydrogen) atoms. The number of cyclic esters (lactones) is 1. The SMILES string of the molecule is O=C1N[C@H](c2cc(Br)cc(Br)c2O)CO1. The smallest absolute Gasteiger partial charge is 0.407 e. The number of carbonyl (C=O) groups excluding carboxylic acids is 1. The van der Waals surface area contributed by atoms with Gasteiger partial charge in [0.15, 0.2) is 0 Å². The topological polar surface area (TPSA) is 58.6 Å². The van der Waals surface area contributed by atoms with Gasteiger partial charge in [-0.3, -0.25) is 0 Å². The zero-order chi connectivity index (χ0) is 11.0. The molecule has 1 aromatic rings. The van der Waals surface area contributed by atoms with Gasteiger partial charge in [0.2, 0.25) is 0 Å². The second-order valence-corrected chi connectivity index (χ2v) is 4.89. The lowest BCUT2D eigenvalue weighted by Crippen LogP contribution is -2.18. The molecule has 2 rings (SSSR count). The third-order valence-corrected chi connectivity index (χ3v) is 3.17. The summed E-state index contributed by atoms with van der Waals surface area (Å²) in [5.74, 6) is 0.119. The summed E-state index contributed by atoms with van der Waals surface area (Å²) in [5.41, 5.74) is 0.627. The van der Waals surface area contributed by atoms with Gasteiger partial charge in [0.05, 0.1) is 10.5 Å². The fraction of sp³-hybridized carbons (Fsp3) is 0.222. The summed E-state index contributed by atoms with van der Waals surface area (Å²) >= 11 is 6.54. The van der Waals surface area contributed by atoms with E-state index in [4.69, 9.17) is 4.74 Å². The van der Waals surface area contributed by atoms with Crippen LogP contribution < -0.4 is 5.32 Å². The van der Waals surface area contributed by atoms with Gasteiger partial charge in [-0.25, -0.2) is 4.79 Å². The molecule has 1 saturated heterocycles. The number of benzene rings is 1. The van der Waals surface area contributed by atoms with Crippen LogP contribution in [0.2, 0.25) is 0 Å². The number of rotatable bonds is 1. The molecule has 6 heteroatoms. The molecule has 1 aliphatic rings. The third kappa shape index (κ3) is 2.10. The number of hydrogen-bond donors (Lipinski definition) is 2. The molecule has 0 bridgehead atoms. The number of phenolic OH excluding ortho intramolecular Hbond substituents is 1. The maximum atomic E-state index is 10.9. The van der Waals surface area contributed by atoms with Gasteiger partial charge in [-0.2, -0.15) is 0 Å². The van der Waals surface area contributed by atoms with Gasteiger partial charge in [-0.15, -0.1) is 0 Å². The van der Waals surface area contributed by atoms with Crippen LogP contribution in [0.4, 0.5) is 4.79 Å². The first-order valence-corrected chi connectivity index (χ1v) is 5.77. The Morgan fingerprint density at radius 3 is 2.80 bits per heavy atom. The van der Waals surface area contributed by atoms with E-state index in [0.717, 1.165) is 4.47 Å². The Morgan fingerprint density at radius 2 is 2.20 bits per heavy atom. The number of alkyl carbamates (subject to hydrolysis) is 1. The molecule has 0 spiro atoms. The van der Waals surface area contributed by atoms with Crippen LogP contribution in [0, 0.1) is 0 Å². The van der Waals surface area contributed by atoms with Gasteiger partial charge < -0.3 is 15.2 Å². The summed E-state index contributed by atoms with van der Waals surface area (Å²) < 4.78 is 6.16. The maximum absolute atomic E-state index is 10.9. The number of ether oxygens (including phenoxy) is 1. The van der Waals surface area contributed by atoms with Crippen molar-refractivity contribution in [2.24, 2.45) is 0 Å². The Kier molecular flexibility index (Phi) is 2.88. The summed E-state index contributed by atoms with van der Waals surface area (Å²) in [6, 6.07) is 3.18. The Balaban J connectivity index is 2.39. The van der Waals surface area contributed by atoms with E-state index in [0.29, 0.717) is 10.0 Å². The van der Waals surface area contributed by atoms with Gasteiger partial charge in [-0.05, 0) is 28.1 Å². The average Bonchev–Trinajstić information content (AvgIpc) is 2.58. The van der Waals surface area contributed by atoms with Crippen molar-refractivity contribution in [3.8, 4) is 5.75 Å². The van der Waals surface area contributed by atoms with Crippen molar-refractivity contribution in [2.75, 3.05) is 6.61 Å². The molecule has 1 aromatic carbocycles. The first-order valence-electron chi connectivity index (χ1n) is 4.19. The number of nitrogens with one attached hydrogen (secondary N) is 1. The van der Waals surface area contributed by atoms with E-state index in [1.807, 2.05) is 0 Å². The molecule has 1 aliphatic heterocycles. The van der Waals surface area contributed by atoms with Crippen molar-refractivity contribution in [1.29, 1.82) is 0 Å². The summed E-state index contributed by atoms with van der Waals surface area (Å²) in [6.45, 7) is 0.231. The van der Waals surface area contributed by atoms with Crippen LogP contribution in [0.3, 0.4) is 0 Å². The van der Waals surface area contributed by atoms with Gasteiger partial charge in [0.25, 0.3) is 0 Å². The normalized spacial score (nSPS) is 19.9. The van der Waals surface area contributed by atoms with Crippen LogP contribution >= 0.6 is 31.9 Å². The number of halogens is 2. The summed E-state index contributed by atoms with van der Waals surface area (Å²) in [6.07, 6.45) is -0.463. The van der Waals surface area contributed by atoms with Gasteiger partial charge >= 0.3 is 6.09 Å². The third-order valence-electron chi connectivity index (χ3n) is 2.11. The maximum Gasteiger partial charge on any atom is 0.407 e. The summed E-state index contributed by atoms with van der Waals surface area (Å²) in [4.78, 5) is 10.9. The van der Waals surface area contributed by atoms with Crippen molar-refractivity contribution in [1.82, 2.24) is 5.32 Å². The van der Waals surface area contributed by atoms with Crippen LogP contribution in [-0.4, -0.2) is 17.8 Å². The number of amides is 1. The second-order valence-electron chi connectivity index (χ2n) is 3.12. The highest BCUT2D eigenvalue weighted by atomic mass is 79.9. The van der Waals surface area contributed by atoms with E-state index < -0.39 is 6.09 Å². The zero-order valence-electron chi connectivity index (χ0n) is 7.46. The van der Waals surface area contributed by atoms with Crippen molar-refractivity contribution < 1.29 is 14.6 Å². The number of phenols is 1. The predicted octanol–water partition coefficient (Wildman–Crippen LogP) is 2.70. The molecule has 1 amide bonds. The highest BCUT2D eigenvalue weighted by Gasteiger charge is 2.27. The molecular formula is C9H7Br2NO3. The summed E-state index contributed by atoms with van der Waals surface area (Å²) in [5, 5.41) is 12.4. The average molecular weight is 337 g/mol. The lowest BCUT2D eigenvalue weighted by Gasteiger charge is -2.11. The monoisotopic (exact) mass is 335 g/mol. The van der Waals surface area contributed by atoms with Crippen molar-refractivity contribution in [3.63, 3.8) is 0 Å². The number of hydrogen-bond acceptors (Lipinski definition) is 3. The van der Waals surface area contributed by atoms with E-state index in [9.17, 15) is 9.90 Å². The van der Waals surface area contributed by atoms with Crippen LogP contribution in [0.1, 0.15) is 11.6 Å². The zero-order valence-corrected chi connectivity index (χ0v) is 10.6. The van der Waals surface area contributed by atoms with E-state index in [1.54, 1.807) is 12.1 Å². The standard InChI is InChI=1S/C9H7Br2NO3/c10-4-1-5(8(13)6(11)2-4)7-3-15-9(14)12-7/h1-2,7,13H,3H2,(H,12,14)/t7-/m0/s1. The van der Waals surface area contributed by atoms with Crippen LogP contribution in [0.5, 0.6) is 5.75 Å². The minimum Gasteiger partial charge on any atom is -0.506 e. The molecule has 0 unspecified atom stereocenters. The molecule has 1 heterocycles. The van der Waals surface area contributed by atoms with E-state index in [2.05, 4.69) is 37.2 Å². The lowest BCUT2D eigenvalue weighted by atomic mass is 10.1. The second kappa shape index (κ2) is 4.02. The van der Waals surface area contributed by atoms with E-state index in [1.165, 1.54) is 0 Å². The molecule has 1 fully saturated rings. The van der Waals surface area contributed by atoms with E-state index in [-0.39, 0.29) is 18.4 Å². The molecule has 1 atom stereocenters. The first kappa shape index (κ1) is 10.8. The molecule has 0 radical (unpaired) electrons. The molecular weight excluding hydrogens is 330 g/mol. The minimum absolute atomic E-state index is 0.119. The van der Waals surface area contributed by atoms with Gasteiger partial charge in [0.1, 0.15) is 12.4 Å². The first-order chi connectivity index (χ1) is 7.08. The lowest BCUT2D eigenvalue weighted by molar-refractivity contribution is 0.177. The predicted molar refractivity (Wildman–Crippen MR) is 60.7 cm³/mol. The minimum atomic E-state index is -0.463. The van der Waals surface area contributed by atoms with Crippen LogP contribution in [0.25, 0.3) is 0 Å². The quantitative estimate of drug-likeness (QED) is 0.829. The fourth-order valence-corrected chi connectivity index (χ4v) is 2.66. The molecule has 4 nitrogen and oxygen atoms in total. The fourth-order valence-electron chi connectivity index (χ4n) is 1.40. The highest BCUT2D eigenvalue weighted by molar-refractivity contribution is 9.11. The molecule has 0 saturated carbocycles. The Labute approximate surface area is 103 Å². The Hall–Kier alpha value is -0.750. The van der Waals surface area contributed by atoms with Crippen LogP contribution in [-0.2, 0) is 4.74 Å².